The monoisotopic (exact) mass is 272 g/mol. The fourth-order valence-electron chi connectivity index (χ4n) is 1.45. The van der Waals surface area contributed by atoms with Gasteiger partial charge in [-0.1, -0.05) is 6.07 Å². The SMILES string of the molecule is OC(CCCC(F)(F)F)c1ccc(F)c(F)c1F. The Morgan fingerprint density at radius 2 is 1.67 bits per heavy atom. The Labute approximate surface area is 99.0 Å². The largest absolute Gasteiger partial charge is 0.389 e. The molecule has 0 aliphatic rings. The third kappa shape index (κ3) is 3.90. The van der Waals surface area contributed by atoms with Crippen LogP contribution in [-0.4, -0.2) is 11.3 Å². The number of aliphatic hydroxyl groups is 1. The lowest BCUT2D eigenvalue weighted by Crippen LogP contribution is -2.09. The van der Waals surface area contributed by atoms with Crippen LogP contribution >= 0.6 is 0 Å². The molecule has 0 saturated heterocycles. The lowest BCUT2D eigenvalue weighted by molar-refractivity contribution is -0.136. The van der Waals surface area contributed by atoms with Crippen molar-refractivity contribution in [3.05, 3.63) is 35.1 Å². The molecule has 0 fully saturated rings. The van der Waals surface area contributed by atoms with Crippen LogP contribution in [0.25, 0.3) is 0 Å². The molecular formula is C11H10F6O. The van der Waals surface area contributed by atoms with E-state index >= 15 is 0 Å². The topological polar surface area (TPSA) is 20.2 Å². The molecule has 0 spiro atoms. The van der Waals surface area contributed by atoms with E-state index in [4.69, 9.17) is 0 Å². The number of hydrogen-bond donors (Lipinski definition) is 1. The summed E-state index contributed by atoms with van der Waals surface area (Å²) in [7, 11) is 0. The molecule has 0 aliphatic heterocycles. The number of rotatable bonds is 4. The van der Waals surface area contributed by atoms with Gasteiger partial charge in [0.05, 0.1) is 6.10 Å². The molecule has 0 amide bonds. The zero-order chi connectivity index (χ0) is 13.9. The van der Waals surface area contributed by atoms with Crippen LogP contribution in [0.5, 0.6) is 0 Å². The number of hydrogen-bond acceptors (Lipinski definition) is 1. The molecule has 1 atom stereocenters. The van der Waals surface area contributed by atoms with Crippen LogP contribution in [0, 0.1) is 17.5 Å². The van der Waals surface area contributed by atoms with Crippen LogP contribution in [0.15, 0.2) is 12.1 Å². The Balaban J connectivity index is 2.68. The molecule has 0 aromatic heterocycles. The summed E-state index contributed by atoms with van der Waals surface area (Å²) in [6, 6.07) is 1.42. The van der Waals surface area contributed by atoms with E-state index in [1.165, 1.54) is 0 Å². The quantitative estimate of drug-likeness (QED) is 0.651. The van der Waals surface area contributed by atoms with Gasteiger partial charge in [0.1, 0.15) is 0 Å². The summed E-state index contributed by atoms with van der Waals surface area (Å²) in [5, 5.41) is 9.42. The van der Waals surface area contributed by atoms with E-state index in [0.29, 0.717) is 6.07 Å². The van der Waals surface area contributed by atoms with Crippen LogP contribution in [0.4, 0.5) is 26.3 Å². The molecule has 1 nitrogen and oxygen atoms in total. The van der Waals surface area contributed by atoms with Gasteiger partial charge < -0.3 is 5.11 Å². The highest BCUT2D eigenvalue weighted by atomic mass is 19.4. The maximum Gasteiger partial charge on any atom is 0.389 e. The minimum atomic E-state index is -4.37. The van der Waals surface area contributed by atoms with Gasteiger partial charge in [0.2, 0.25) is 0 Å². The Hall–Kier alpha value is -1.24. The smallest absolute Gasteiger partial charge is 0.388 e. The molecule has 18 heavy (non-hydrogen) atoms. The van der Waals surface area contributed by atoms with E-state index < -0.39 is 48.1 Å². The van der Waals surface area contributed by atoms with Gasteiger partial charge in [0.25, 0.3) is 0 Å². The van der Waals surface area contributed by atoms with Gasteiger partial charge in [-0.3, -0.25) is 0 Å². The third-order valence-corrected chi connectivity index (χ3v) is 2.36. The maximum atomic E-state index is 13.2. The molecule has 1 N–H and O–H groups in total. The van der Waals surface area contributed by atoms with Crippen molar-refractivity contribution >= 4 is 0 Å². The lowest BCUT2D eigenvalue weighted by atomic mass is 10.0. The van der Waals surface area contributed by atoms with Crippen molar-refractivity contribution in [1.82, 2.24) is 0 Å². The second kappa shape index (κ2) is 5.60. The molecule has 0 saturated carbocycles. The van der Waals surface area contributed by atoms with Crippen LogP contribution < -0.4 is 0 Å². The highest BCUT2D eigenvalue weighted by Crippen LogP contribution is 2.28. The molecule has 102 valence electrons. The van der Waals surface area contributed by atoms with Crippen molar-refractivity contribution in [1.29, 1.82) is 0 Å². The van der Waals surface area contributed by atoms with E-state index in [0.717, 1.165) is 6.07 Å². The van der Waals surface area contributed by atoms with Crippen molar-refractivity contribution in [2.75, 3.05) is 0 Å². The van der Waals surface area contributed by atoms with Gasteiger partial charge in [-0.15, -0.1) is 0 Å². The summed E-state index contributed by atoms with van der Waals surface area (Å²) < 4.78 is 74.1. The molecular weight excluding hydrogens is 262 g/mol. The average Bonchev–Trinajstić information content (AvgIpc) is 2.24. The molecule has 0 aliphatic carbocycles. The summed E-state index contributed by atoms with van der Waals surface area (Å²) in [6.45, 7) is 0. The predicted molar refractivity (Wildman–Crippen MR) is 51.2 cm³/mol. The highest BCUT2D eigenvalue weighted by molar-refractivity contribution is 5.22. The van der Waals surface area contributed by atoms with Gasteiger partial charge >= 0.3 is 6.18 Å². The third-order valence-electron chi connectivity index (χ3n) is 2.36. The zero-order valence-corrected chi connectivity index (χ0v) is 9.07. The van der Waals surface area contributed by atoms with E-state index in [1.54, 1.807) is 0 Å². The second-order valence-corrected chi connectivity index (χ2v) is 3.79. The fourth-order valence-corrected chi connectivity index (χ4v) is 1.45. The molecule has 1 rings (SSSR count). The normalized spacial score (nSPS) is 13.7. The summed E-state index contributed by atoms with van der Waals surface area (Å²) in [4.78, 5) is 0. The number of halogens is 6. The molecule has 0 radical (unpaired) electrons. The van der Waals surface area contributed by atoms with Gasteiger partial charge in [-0.2, -0.15) is 13.2 Å². The first kappa shape index (κ1) is 14.8. The van der Waals surface area contributed by atoms with E-state index in [9.17, 15) is 31.4 Å². The molecule has 7 heteroatoms. The first-order valence-corrected chi connectivity index (χ1v) is 5.10. The van der Waals surface area contributed by atoms with Gasteiger partial charge in [0.15, 0.2) is 17.5 Å². The Morgan fingerprint density at radius 1 is 1.06 bits per heavy atom. The predicted octanol–water partition coefficient (Wildman–Crippen LogP) is 3.87. The molecule has 0 heterocycles. The second-order valence-electron chi connectivity index (χ2n) is 3.79. The van der Waals surface area contributed by atoms with Crippen LogP contribution in [-0.2, 0) is 0 Å². The summed E-state index contributed by atoms with van der Waals surface area (Å²) >= 11 is 0. The van der Waals surface area contributed by atoms with Crippen molar-refractivity contribution < 1.29 is 31.4 Å². The van der Waals surface area contributed by atoms with Gasteiger partial charge in [-0.05, 0) is 18.9 Å². The van der Waals surface area contributed by atoms with Crippen molar-refractivity contribution in [3.63, 3.8) is 0 Å². The number of aliphatic hydroxyl groups excluding tert-OH is 1. The minimum absolute atomic E-state index is 0.387. The Morgan fingerprint density at radius 3 is 2.22 bits per heavy atom. The highest BCUT2D eigenvalue weighted by Gasteiger charge is 2.27. The van der Waals surface area contributed by atoms with E-state index in [-0.39, 0.29) is 6.42 Å². The molecule has 1 unspecified atom stereocenters. The summed E-state index contributed by atoms with van der Waals surface area (Å²) in [6.07, 6.45) is -7.91. The fraction of sp³-hybridized carbons (Fsp3) is 0.455. The molecule has 1 aromatic rings. The van der Waals surface area contributed by atoms with Gasteiger partial charge in [-0.25, -0.2) is 13.2 Å². The Bertz CT molecular complexity index is 415. The van der Waals surface area contributed by atoms with E-state index in [1.807, 2.05) is 0 Å². The zero-order valence-electron chi connectivity index (χ0n) is 9.07. The number of benzene rings is 1. The minimum Gasteiger partial charge on any atom is -0.388 e. The lowest BCUT2D eigenvalue weighted by Gasteiger charge is -2.13. The summed E-state index contributed by atoms with van der Waals surface area (Å²) in [5.74, 6) is -4.74. The van der Waals surface area contributed by atoms with Gasteiger partial charge in [0, 0.05) is 12.0 Å². The summed E-state index contributed by atoms with van der Waals surface area (Å²) in [5.41, 5.74) is -0.545. The van der Waals surface area contributed by atoms with Crippen molar-refractivity contribution in [2.24, 2.45) is 0 Å². The first-order valence-electron chi connectivity index (χ1n) is 5.10. The average molecular weight is 272 g/mol. The van der Waals surface area contributed by atoms with Crippen LogP contribution in [0.2, 0.25) is 0 Å². The Kier molecular flexibility index (Phi) is 4.61. The standard InChI is InChI=1S/C11H10F6O/c12-7-4-3-6(9(13)10(7)14)8(18)2-1-5-11(15,16)17/h3-4,8,18H,1-2,5H2. The van der Waals surface area contributed by atoms with Crippen molar-refractivity contribution in [2.45, 2.75) is 31.5 Å². The molecule has 1 aromatic carbocycles. The van der Waals surface area contributed by atoms with Crippen LogP contribution in [0.1, 0.15) is 30.9 Å². The van der Waals surface area contributed by atoms with Crippen molar-refractivity contribution in [3.8, 4) is 0 Å². The molecule has 0 bridgehead atoms. The van der Waals surface area contributed by atoms with E-state index in [2.05, 4.69) is 0 Å². The maximum absolute atomic E-state index is 13.2. The number of alkyl halides is 3. The first-order chi connectivity index (χ1) is 8.22. The van der Waals surface area contributed by atoms with Crippen LogP contribution in [0.3, 0.4) is 0 Å².